The Morgan fingerprint density at radius 3 is 2.69 bits per heavy atom. The molecule has 0 atom stereocenters. The maximum Gasteiger partial charge on any atom is 0.236 e. The monoisotopic (exact) mass is 388 g/mol. The third kappa shape index (κ3) is 3.01. The van der Waals surface area contributed by atoms with Gasteiger partial charge >= 0.3 is 0 Å². The van der Waals surface area contributed by atoms with Crippen molar-refractivity contribution in [3.8, 4) is 0 Å². The summed E-state index contributed by atoms with van der Waals surface area (Å²) in [5, 5.41) is 1.33. The molecule has 2 aromatic rings. The van der Waals surface area contributed by atoms with Crippen LogP contribution in [0.2, 0.25) is 5.15 Å². The minimum absolute atomic E-state index is 0.0175. The van der Waals surface area contributed by atoms with Crippen molar-refractivity contribution in [1.29, 1.82) is 0 Å². The van der Waals surface area contributed by atoms with Crippen molar-refractivity contribution in [2.24, 2.45) is 5.41 Å². The van der Waals surface area contributed by atoms with Gasteiger partial charge in [0.05, 0.1) is 17.5 Å². The number of pyridine rings is 1. The number of likely N-dealkylation sites (tertiary alicyclic amines) is 1. The van der Waals surface area contributed by atoms with Gasteiger partial charge in [0.25, 0.3) is 0 Å². The Morgan fingerprint density at radius 1 is 1.19 bits per heavy atom. The van der Waals surface area contributed by atoms with Crippen LogP contribution in [0.25, 0.3) is 10.9 Å². The maximum atomic E-state index is 13.0. The van der Waals surface area contributed by atoms with Crippen LogP contribution in [0.5, 0.6) is 0 Å². The number of rotatable bonds is 3. The molecule has 2 heterocycles. The lowest BCUT2D eigenvalue weighted by Gasteiger charge is -2.30. The van der Waals surface area contributed by atoms with Crippen molar-refractivity contribution < 1.29 is 9.59 Å². The Labute approximate surface area is 162 Å². The third-order valence-corrected chi connectivity index (χ3v) is 6.73. The van der Waals surface area contributed by atoms with E-state index in [-0.39, 0.29) is 18.4 Å². The van der Waals surface area contributed by atoms with E-state index in [0.717, 1.165) is 53.5 Å². The molecule has 1 aromatic heterocycles. The van der Waals surface area contributed by atoms with Gasteiger partial charge in [-0.2, -0.15) is 0 Å². The Kier molecular flexibility index (Phi) is 4.70. The smallest absolute Gasteiger partial charge is 0.236 e. The van der Waals surface area contributed by atoms with Gasteiger partial charge in [-0.25, -0.2) is 4.98 Å². The summed E-state index contributed by atoms with van der Waals surface area (Å²) in [6, 6.07) is 7.99. The van der Waals surface area contributed by atoms with Gasteiger partial charge in [0.2, 0.25) is 11.8 Å². The van der Waals surface area contributed by atoms with Crippen molar-refractivity contribution in [1.82, 2.24) is 9.88 Å². The van der Waals surface area contributed by atoms with Crippen molar-refractivity contribution in [2.75, 3.05) is 6.26 Å². The average Bonchev–Trinajstić information content (AvgIpc) is 2.86. The van der Waals surface area contributed by atoms with E-state index in [4.69, 9.17) is 11.6 Å². The van der Waals surface area contributed by atoms with E-state index in [1.807, 2.05) is 30.5 Å². The van der Waals surface area contributed by atoms with E-state index in [1.54, 1.807) is 11.8 Å². The molecule has 1 aliphatic heterocycles. The number of carbonyl (C=O) groups is 2. The van der Waals surface area contributed by atoms with Crippen LogP contribution < -0.4 is 0 Å². The normalized spacial score (nSPS) is 19.7. The van der Waals surface area contributed by atoms with Gasteiger partial charge in [-0.3, -0.25) is 14.5 Å². The lowest BCUT2D eigenvalue weighted by molar-refractivity contribution is -0.142. The predicted octanol–water partition coefficient (Wildman–Crippen LogP) is 4.82. The summed E-state index contributed by atoms with van der Waals surface area (Å²) < 4.78 is 0. The molecule has 1 saturated carbocycles. The number of thioether (sulfide) groups is 1. The van der Waals surface area contributed by atoms with Crippen LogP contribution in [0.3, 0.4) is 0 Å². The largest absolute Gasteiger partial charge is 0.277 e. The van der Waals surface area contributed by atoms with E-state index in [9.17, 15) is 9.59 Å². The molecule has 2 amide bonds. The molecule has 2 fully saturated rings. The number of carbonyl (C=O) groups excluding carboxylic acids is 2. The number of hydrogen-bond donors (Lipinski definition) is 0. The van der Waals surface area contributed by atoms with E-state index in [1.165, 1.54) is 4.90 Å². The Balaban J connectivity index is 1.63. The van der Waals surface area contributed by atoms with Gasteiger partial charge in [-0.1, -0.05) is 36.9 Å². The first-order chi connectivity index (χ1) is 12.5. The van der Waals surface area contributed by atoms with Crippen molar-refractivity contribution in [2.45, 2.75) is 50.0 Å². The highest BCUT2D eigenvalue weighted by Gasteiger charge is 2.51. The minimum atomic E-state index is -0.459. The summed E-state index contributed by atoms with van der Waals surface area (Å²) in [4.78, 5) is 32.6. The van der Waals surface area contributed by atoms with E-state index in [0.29, 0.717) is 11.6 Å². The summed E-state index contributed by atoms with van der Waals surface area (Å²) in [6.45, 7) is 0.214. The van der Waals surface area contributed by atoms with Crippen LogP contribution >= 0.6 is 23.4 Å². The summed E-state index contributed by atoms with van der Waals surface area (Å²) in [7, 11) is 0. The number of imide groups is 1. The topological polar surface area (TPSA) is 50.3 Å². The van der Waals surface area contributed by atoms with Crippen molar-refractivity contribution in [3.63, 3.8) is 0 Å². The summed E-state index contributed by atoms with van der Waals surface area (Å²) in [5.41, 5.74) is 1.10. The zero-order chi connectivity index (χ0) is 18.3. The number of benzene rings is 1. The second kappa shape index (κ2) is 6.86. The van der Waals surface area contributed by atoms with Gasteiger partial charge in [0, 0.05) is 22.3 Å². The molecule has 26 heavy (non-hydrogen) atoms. The number of amides is 2. The number of halogens is 1. The molecular formula is C20H21ClN2O2S. The molecule has 4 nitrogen and oxygen atoms in total. The first kappa shape index (κ1) is 17.8. The van der Waals surface area contributed by atoms with Crippen LogP contribution in [-0.2, 0) is 16.1 Å². The van der Waals surface area contributed by atoms with Crippen molar-refractivity contribution in [3.05, 3.63) is 35.0 Å². The molecule has 1 aliphatic carbocycles. The quantitative estimate of drug-likeness (QED) is 0.429. The molecule has 1 saturated heterocycles. The van der Waals surface area contributed by atoms with E-state index < -0.39 is 5.41 Å². The molecule has 2 aliphatic rings. The molecule has 136 valence electrons. The van der Waals surface area contributed by atoms with Gasteiger partial charge in [0.15, 0.2) is 0 Å². The molecule has 1 aromatic carbocycles. The fraction of sp³-hybridized carbons (Fsp3) is 0.450. The lowest BCUT2D eigenvalue weighted by atomic mass is 9.73. The molecule has 4 rings (SSSR count). The predicted molar refractivity (Wildman–Crippen MR) is 104 cm³/mol. The number of aromatic nitrogens is 1. The van der Waals surface area contributed by atoms with Gasteiger partial charge in [0.1, 0.15) is 5.15 Å². The average molecular weight is 389 g/mol. The van der Waals surface area contributed by atoms with Crippen molar-refractivity contribution >= 4 is 46.1 Å². The van der Waals surface area contributed by atoms with Crippen LogP contribution in [0.1, 0.15) is 44.1 Å². The van der Waals surface area contributed by atoms with Crippen LogP contribution in [-0.4, -0.2) is 28.0 Å². The minimum Gasteiger partial charge on any atom is -0.277 e. The Bertz CT molecular complexity index is 893. The Morgan fingerprint density at radius 2 is 1.96 bits per heavy atom. The standard InChI is InChI=1S/C20H21ClN2O2S/c1-26-15-6-5-13-9-14(18(21)22-16(13)10-15)12-23-17(24)11-20(19(23)25)7-3-2-4-8-20/h5-6,9-10H,2-4,7-8,11-12H2,1H3. The number of hydrogen-bond acceptors (Lipinski definition) is 4. The zero-order valence-electron chi connectivity index (χ0n) is 14.8. The number of fused-ring (bicyclic) bond motifs is 1. The summed E-state index contributed by atoms with van der Waals surface area (Å²) >= 11 is 8.03. The SMILES string of the molecule is CSc1ccc2cc(CN3C(=O)CC4(CCCCC4)C3=O)c(Cl)nc2c1. The fourth-order valence-electron chi connectivity index (χ4n) is 4.21. The molecule has 1 spiro atoms. The van der Waals surface area contributed by atoms with Gasteiger partial charge in [-0.05, 0) is 37.3 Å². The van der Waals surface area contributed by atoms with Crippen LogP contribution in [0, 0.1) is 5.41 Å². The highest BCUT2D eigenvalue weighted by Crippen LogP contribution is 2.45. The second-order valence-electron chi connectivity index (χ2n) is 7.30. The van der Waals surface area contributed by atoms with Crippen LogP contribution in [0.4, 0.5) is 0 Å². The summed E-state index contributed by atoms with van der Waals surface area (Å²) in [6.07, 6.45) is 7.24. The third-order valence-electron chi connectivity index (χ3n) is 5.68. The highest BCUT2D eigenvalue weighted by atomic mass is 35.5. The van der Waals surface area contributed by atoms with E-state index >= 15 is 0 Å². The first-order valence-corrected chi connectivity index (χ1v) is 10.6. The second-order valence-corrected chi connectivity index (χ2v) is 8.54. The first-order valence-electron chi connectivity index (χ1n) is 9.00. The van der Waals surface area contributed by atoms with E-state index in [2.05, 4.69) is 4.98 Å². The summed E-state index contributed by atoms with van der Waals surface area (Å²) in [5.74, 6) is -0.0955. The number of nitrogens with zero attached hydrogens (tertiary/aromatic N) is 2. The maximum absolute atomic E-state index is 13.0. The highest BCUT2D eigenvalue weighted by molar-refractivity contribution is 7.98. The lowest BCUT2D eigenvalue weighted by Crippen LogP contribution is -2.36. The molecule has 0 unspecified atom stereocenters. The van der Waals surface area contributed by atoms with Gasteiger partial charge < -0.3 is 0 Å². The molecule has 0 radical (unpaired) electrons. The van der Waals surface area contributed by atoms with Crippen LogP contribution in [0.15, 0.2) is 29.2 Å². The fourth-order valence-corrected chi connectivity index (χ4v) is 4.85. The molecular weight excluding hydrogens is 368 g/mol. The van der Waals surface area contributed by atoms with Gasteiger partial charge in [-0.15, -0.1) is 11.8 Å². The molecule has 0 bridgehead atoms. The molecule has 6 heteroatoms. The molecule has 0 N–H and O–H groups in total. The zero-order valence-corrected chi connectivity index (χ0v) is 16.3. The Hall–Kier alpha value is -1.59.